The van der Waals surface area contributed by atoms with Crippen molar-refractivity contribution in [2.75, 3.05) is 6.54 Å². The highest BCUT2D eigenvalue weighted by Gasteiger charge is 2.63. The van der Waals surface area contributed by atoms with Gasteiger partial charge in [-0.25, -0.2) is 28.2 Å². The first kappa shape index (κ1) is 46.7. The molecule has 0 bridgehead atoms. The van der Waals surface area contributed by atoms with Crippen LogP contribution in [0.25, 0.3) is 21.6 Å². The number of alkyl carbamates (subject to hydrolysis) is 1. The van der Waals surface area contributed by atoms with Crippen LogP contribution in [0, 0.1) is 5.92 Å². The van der Waals surface area contributed by atoms with Gasteiger partial charge in [-0.05, 0) is 91.2 Å². The monoisotopic (exact) mass is 943 g/mol. The van der Waals surface area contributed by atoms with Crippen LogP contribution in [-0.4, -0.2) is 92.7 Å². The number of carbonyl (C=O) groups is 4. The molecule has 0 radical (unpaired) electrons. The van der Waals surface area contributed by atoms with Gasteiger partial charge in [-0.3, -0.25) is 19.1 Å². The van der Waals surface area contributed by atoms with Crippen molar-refractivity contribution >= 4 is 56.2 Å². The summed E-state index contributed by atoms with van der Waals surface area (Å²) in [6.45, 7) is 6.10. The van der Waals surface area contributed by atoms with Gasteiger partial charge < -0.3 is 25.0 Å². The van der Waals surface area contributed by atoms with Gasteiger partial charge in [0.15, 0.2) is 0 Å². The van der Waals surface area contributed by atoms with Crippen LogP contribution < -0.4 is 20.1 Å². The number of alkyl halides is 3. The van der Waals surface area contributed by atoms with Crippen molar-refractivity contribution in [1.82, 2.24) is 35.2 Å². The average molecular weight is 944 g/mol. The maximum atomic E-state index is 14.9. The quantitative estimate of drug-likeness (QED) is 0.190. The number of amides is 4. The Kier molecular flexibility index (Phi) is 12.7. The molecule has 4 fully saturated rings. The summed E-state index contributed by atoms with van der Waals surface area (Å²) in [5.74, 6) is -3.62. The summed E-state index contributed by atoms with van der Waals surface area (Å²) in [4.78, 5) is 70.8. The van der Waals surface area contributed by atoms with E-state index < -0.39 is 98.1 Å². The van der Waals surface area contributed by atoms with Crippen molar-refractivity contribution in [3.63, 3.8) is 0 Å². The summed E-state index contributed by atoms with van der Waals surface area (Å²) in [5, 5.41) is 7.96. The third-order valence-electron chi connectivity index (χ3n) is 13.2. The van der Waals surface area contributed by atoms with E-state index in [0.29, 0.717) is 55.0 Å². The van der Waals surface area contributed by atoms with E-state index in [4.69, 9.17) is 14.5 Å². The molecule has 4 heterocycles. The van der Waals surface area contributed by atoms with Gasteiger partial charge in [-0.1, -0.05) is 50.3 Å². The smallest absolute Gasteiger partial charge is 0.438 e. The summed E-state index contributed by atoms with van der Waals surface area (Å²) >= 11 is 1.37. The van der Waals surface area contributed by atoms with Crippen LogP contribution in [0.3, 0.4) is 0 Å². The van der Waals surface area contributed by atoms with Crippen LogP contribution in [-0.2, 0) is 35.3 Å². The Balaban J connectivity index is 1.13. The second kappa shape index (κ2) is 17.8. The third kappa shape index (κ3) is 10.1. The van der Waals surface area contributed by atoms with E-state index in [0.717, 1.165) is 36.3 Å². The molecule has 2 aliphatic heterocycles. The molecule has 8 rings (SSSR count). The number of carbonyl (C=O) groups excluding carboxylic acids is 4. The number of para-hydroxylation sites is 1. The van der Waals surface area contributed by atoms with E-state index in [-0.39, 0.29) is 30.3 Å². The lowest BCUT2D eigenvalue weighted by molar-refractivity contribution is -0.143. The van der Waals surface area contributed by atoms with Gasteiger partial charge in [0, 0.05) is 29.2 Å². The van der Waals surface area contributed by atoms with E-state index in [1.165, 1.54) is 30.7 Å². The molecule has 1 saturated heterocycles. The highest BCUT2D eigenvalue weighted by Crippen LogP contribution is 2.48. The minimum Gasteiger partial charge on any atom is -0.471 e. The molecule has 352 valence electrons. The highest BCUT2D eigenvalue weighted by atomic mass is 32.2. The van der Waals surface area contributed by atoms with Crippen LogP contribution in [0.1, 0.15) is 135 Å². The van der Waals surface area contributed by atoms with Gasteiger partial charge in [-0.2, -0.15) is 13.2 Å². The minimum absolute atomic E-state index is 0.0319. The Morgan fingerprint density at radius 2 is 1.71 bits per heavy atom. The number of nitrogens with zero attached hydrogens (tertiary/aromatic N) is 4. The normalized spacial score (nSPS) is 26.5. The van der Waals surface area contributed by atoms with Gasteiger partial charge in [0.25, 0.3) is 5.91 Å². The fourth-order valence-electron chi connectivity index (χ4n) is 9.05. The Hall–Kier alpha value is -4.85. The Morgan fingerprint density at radius 1 is 0.985 bits per heavy atom. The maximum absolute atomic E-state index is 14.9. The standard InChI is InChI=1S/C45H56F3N7O8S2/c1-42(2,3)63-41(59)51-31-18-12-7-5-6-11-16-27-23-44(27,40(58)54-65(60,61)43(4)20-21-43)53-36(56)33-22-28(24-55(33)39(31)57)62-37-35(45(46,47)48)49-30-19-13-17-29(34(30)52-37)38-50-32(25-64-38)26-14-9-8-10-15-26/h11,13,16-17,19,25-28,31,33H,5-10,12,14-15,18,20-24H2,1-4H3,(H,51,59)(H,53,56)(H,54,58). The van der Waals surface area contributed by atoms with Crippen molar-refractivity contribution in [2.24, 2.45) is 5.92 Å². The number of hydrogen-bond donors (Lipinski definition) is 3. The number of fused-ring (bicyclic) bond motifs is 3. The molecule has 15 nitrogen and oxygen atoms in total. The largest absolute Gasteiger partial charge is 0.471 e. The summed E-state index contributed by atoms with van der Waals surface area (Å²) in [6, 6.07) is 2.10. The fourth-order valence-corrected chi connectivity index (χ4v) is 11.3. The van der Waals surface area contributed by atoms with Crippen LogP contribution in [0.5, 0.6) is 5.88 Å². The third-order valence-corrected chi connectivity index (χ3v) is 16.2. The van der Waals surface area contributed by atoms with E-state index in [1.54, 1.807) is 39.0 Å². The first-order valence-corrected chi connectivity index (χ1v) is 24.9. The van der Waals surface area contributed by atoms with E-state index in [1.807, 2.05) is 11.5 Å². The number of thiazole rings is 1. The molecule has 1 aromatic carbocycles. The SMILES string of the molecule is CC(C)(C)OC(=O)NC1CCCCCC=CC2CC2(C(=O)NS(=O)(=O)C2(C)CC2)NC(=O)C2CC(Oc3nc4c(-c5nc(C6CCCCC6)cs5)cccc4nc3C(F)(F)F)CN2C1=O. The first-order chi connectivity index (χ1) is 30.7. The van der Waals surface area contributed by atoms with Gasteiger partial charge >= 0.3 is 12.3 Å². The summed E-state index contributed by atoms with van der Waals surface area (Å²) < 4.78 is 83.7. The first-order valence-electron chi connectivity index (χ1n) is 22.5. The predicted molar refractivity (Wildman–Crippen MR) is 235 cm³/mol. The molecule has 0 spiro atoms. The molecular weight excluding hydrogens is 888 g/mol. The zero-order valence-electron chi connectivity index (χ0n) is 37.0. The van der Waals surface area contributed by atoms with Crippen LogP contribution in [0.4, 0.5) is 18.0 Å². The lowest BCUT2D eigenvalue weighted by Crippen LogP contribution is -2.58. The van der Waals surface area contributed by atoms with Crippen molar-refractivity contribution < 1.29 is 50.2 Å². The van der Waals surface area contributed by atoms with Crippen LogP contribution >= 0.6 is 11.3 Å². The van der Waals surface area contributed by atoms with Crippen molar-refractivity contribution in [2.45, 2.75) is 164 Å². The zero-order chi connectivity index (χ0) is 46.5. The highest BCUT2D eigenvalue weighted by molar-refractivity contribution is 7.91. The van der Waals surface area contributed by atoms with Crippen molar-refractivity contribution in [3.8, 4) is 16.5 Å². The molecule has 20 heteroatoms. The second-order valence-electron chi connectivity index (χ2n) is 19.4. The number of halogens is 3. The Labute approximate surface area is 380 Å². The molecule has 2 aromatic heterocycles. The van der Waals surface area contributed by atoms with E-state index >= 15 is 0 Å². The number of rotatable bonds is 8. The van der Waals surface area contributed by atoms with E-state index in [9.17, 15) is 40.8 Å². The number of ether oxygens (including phenoxy) is 2. The zero-order valence-corrected chi connectivity index (χ0v) is 38.6. The Morgan fingerprint density at radius 3 is 2.42 bits per heavy atom. The second-order valence-corrected chi connectivity index (χ2v) is 22.4. The number of hydrogen-bond acceptors (Lipinski definition) is 12. The van der Waals surface area contributed by atoms with Crippen molar-refractivity contribution in [3.05, 3.63) is 47.1 Å². The number of nitrogens with one attached hydrogen (secondary N) is 3. The summed E-state index contributed by atoms with van der Waals surface area (Å²) in [6.07, 6.45) is 4.91. The van der Waals surface area contributed by atoms with Gasteiger partial charge in [-0.15, -0.1) is 11.3 Å². The van der Waals surface area contributed by atoms with Gasteiger partial charge in [0.1, 0.15) is 39.9 Å². The number of sulfonamides is 1. The number of aromatic nitrogens is 3. The lowest BCUT2D eigenvalue weighted by atomic mass is 9.87. The molecule has 3 aliphatic carbocycles. The summed E-state index contributed by atoms with van der Waals surface area (Å²) in [5.41, 5.74) is -2.51. The molecule has 5 aliphatic rings. The lowest BCUT2D eigenvalue weighted by Gasteiger charge is -2.30. The number of allylic oxidation sites excluding steroid dienone is 1. The van der Waals surface area contributed by atoms with Crippen LogP contribution in [0.15, 0.2) is 35.7 Å². The molecule has 3 saturated carbocycles. The molecule has 5 atom stereocenters. The van der Waals surface area contributed by atoms with Crippen LogP contribution in [0.2, 0.25) is 0 Å². The maximum Gasteiger partial charge on any atom is 0.438 e. The molecular formula is C45H56F3N7O8S2. The minimum atomic E-state index is -5.02. The predicted octanol–water partition coefficient (Wildman–Crippen LogP) is 7.46. The van der Waals surface area contributed by atoms with Crippen molar-refractivity contribution in [1.29, 1.82) is 0 Å². The van der Waals surface area contributed by atoms with E-state index in [2.05, 4.69) is 25.3 Å². The van der Waals surface area contributed by atoms with Gasteiger partial charge in [0.2, 0.25) is 33.4 Å². The molecule has 65 heavy (non-hydrogen) atoms. The number of benzene rings is 1. The fraction of sp³-hybridized carbons (Fsp3) is 0.622. The topological polar surface area (TPSA) is 199 Å². The molecule has 4 amide bonds. The molecule has 3 aromatic rings. The average Bonchev–Trinajstić information content (AvgIpc) is 4.02. The molecule has 5 unspecified atom stereocenters. The summed E-state index contributed by atoms with van der Waals surface area (Å²) in [7, 11) is -4.11. The molecule has 3 N–H and O–H groups in total. The van der Waals surface area contributed by atoms with Gasteiger partial charge in [0.05, 0.1) is 22.5 Å². The Bertz CT molecular complexity index is 2480.